The minimum Gasteiger partial charge on any atom is -0.373 e. The van der Waals surface area contributed by atoms with Crippen LogP contribution in [0.25, 0.3) is 12.7 Å². The number of nitrogens with zero attached hydrogens (tertiary/aromatic N) is 1. The lowest BCUT2D eigenvalue weighted by Crippen LogP contribution is -2.26. The van der Waals surface area contributed by atoms with Gasteiger partial charge in [-0.25, -0.2) is 4.98 Å². The van der Waals surface area contributed by atoms with Crippen LogP contribution in [0, 0.1) is 0 Å². The lowest BCUT2D eigenvalue weighted by Gasteiger charge is -1.96. The number of nitrogens with one attached hydrogen (secondary N) is 1. The summed E-state index contributed by atoms with van der Waals surface area (Å²) < 4.78 is 0. The van der Waals surface area contributed by atoms with E-state index in [0.717, 1.165) is 16.4 Å². The zero-order chi connectivity index (χ0) is 8.27. The first-order valence-electron chi connectivity index (χ1n) is 3.58. The van der Waals surface area contributed by atoms with Gasteiger partial charge in [-0.15, -0.1) is 0 Å². The van der Waals surface area contributed by atoms with Gasteiger partial charge in [0.25, 0.3) is 0 Å². The van der Waals surface area contributed by atoms with Crippen molar-refractivity contribution in [1.82, 2.24) is 4.98 Å². The fourth-order valence-electron chi connectivity index (χ4n) is 0.914. The number of hydrogen-bond acceptors (Lipinski definition) is 2. The van der Waals surface area contributed by atoms with Crippen LogP contribution in [0.5, 0.6) is 0 Å². The lowest BCUT2D eigenvalue weighted by molar-refractivity contribution is 1.21. The van der Waals surface area contributed by atoms with Gasteiger partial charge in [0.2, 0.25) is 0 Å². The van der Waals surface area contributed by atoms with Gasteiger partial charge in [0.15, 0.2) is 0 Å². The Labute approximate surface area is 66.3 Å². The molecule has 1 aromatic heterocycles. The predicted molar refractivity (Wildman–Crippen MR) is 48.7 cm³/mol. The van der Waals surface area contributed by atoms with Gasteiger partial charge in [-0.3, -0.25) is 0 Å². The third-order valence-electron chi connectivity index (χ3n) is 1.58. The second-order valence-electron chi connectivity index (χ2n) is 2.27. The maximum atomic E-state index is 4.21. The maximum Gasteiger partial charge on any atom is 0.126 e. The van der Waals surface area contributed by atoms with Crippen LogP contribution < -0.4 is 15.9 Å². The van der Waals surface area contributed by atoms with Crippen LogP contribution in [0.3, 0.4) is 0 Å². The Morgan fingerprint density at radius 3 is 2.73 bits per heavy atom. The van der Waals surface area contributed by atoms with Gasteiger partial charge in [-0.05, 0) is 24.3 Å². The van der Waals surface area contributed by atoms with E-state index in [2.05, 4.69) is 16.9 Å². The molecular formula is C9H12N2. The molecule has 0 spiro atoms. The summed E-state index contributed by atoms with van der Waals surface area (Å²) in [5.41, 5.74) is 0. The van der Waals surface area contributed by atoms with Crippen molar-refractivity contribution in [3.63, 3.8) is 0 Å². The van der Waals surface area contributed by atoms with E-state index in [4.69, 9.17) is 0 Å². The van der Waals surface area contributed by atoms with Crippen molar-refractivity contribution < 1.29 is 0 Å². The van der Waals surface area contributed by atoms with E-state index in [1.54, 1.807) is 0 Å². The smallest absolute Gasteiger partial charge is 0.126 e. The fourth-order valence-corrected chi connectivity index (χ4v) is 0.914. The van der Waals surface area contributed by atoms with Gasteiger partial charge >= 0.3 is 0 Å². The van der Waals surface area contributed by atoms with Crippen LogP contribution in [-0.2, 0) is 0 Å². The molecule has 0 radical (unpaired) electrons. The molecule has 0 aromatic carbocycles. The first-order valence-corrected chi connectivity index (χ1v) is 3.58. The summed E-state index contributed by atoms with van der Waals surface area (Å²) >= 11 is 0. The molecule has 0 aliphatic rings. The average molecular weight is 148 g/mol. The second kappa shape index (κ2) is 3.19. The summed E-state index contributed by atoms with van der Waals surface area (Å²) in [5.74, 6) is 0.862. The SMILES string of the molecule is C=c1nc(NC)cc/c1=C/C. The molecule has 0 aliphatic heterocycles. The highest BCUT2D eigenvalue weighted by Gasteiger charge is 1.86. The first-order chi connectivity index (χ1) is 5.27. The van der Waals surface area contributed by atoms with Crippen LogP contribution in [0.2, 0.25) is 0 Å². The molecule has 0 unspecified atom stereocenters. The number of aromatic nitrogens is 1. The minimum absolute atomic E-state index is 0.819. The third kappa shape index (κ3) is 1.58. The predicted octanol–water partition coefficient (Wildman–Crippen LogP) is 0.334. The van der Waals surface area contributed by atoms with Crippen molar-refractivity contribution in [3.8, 4) is 0 Å². The summed E-state index contributed by atoms with van der Waals surface area (Å²) in [6.07, 6.45) is 1.99. The molecule has 2 nitrogen and oxygen atoms in total. The van der Waals surface area contributed by atoms with E-state index < -0.39 is 0 Å². The van der Waals surface area contributed by atoms with E-state index in [1.807, 2.05) is 32.2 Å². The highest BCUT2D eigenvalue weighted by atomic mass is 14.9. The zero-order valence-electron chi connectivity index (χ0n) is 6.89. The number of anilines is 1. The molecule has 0 saturated carbocycles. The molecule has 1 aromatic rings. The molecule has 1 rings (SSSR count). The van der Waals surface area contributed by atoms with Crippen molar-refractivity contribution >= 4 is 18.5 Å². The lowest BCUT2D eigenvalue weighted by atomic mass is 10.3. The Morgan fingerprint density at radius 2 is 2.27 bits per heavy atom. The molecule has 0 fully saturated rings. The van der Waals surface area contributed by atoms with Gasteiger partial charge in [0.1, 0.15) is 5.82 Å². The van der Waals surface area contributed by atoms with Crippen LogP contribution >= 0.6 is 0 Å². The quantitative estimate of drug-likeness (QED) is 0.621. The van der Waals surface area contributed by atoms with Crippen molar-refractivity contribution in [2.24, 2.45) is 0 Å². The Balaban J connectivity index is 3.33. The minimum atomic E-state index is 0.819. The summed E-state index contributed by atoms with van der Waals surface area (Å²) in [7, 11) is 1.84. The number of pyridine rings is 1. The van der Waals surface area contributed by atoms with E-state index >= 15 is 0 Å². The molecule has 11 heavy (non-hydrogen) atoms. The standard InChI is InChI=1S/C9H12N2/c1-4-8-5-6-9(10-3)11-7(8)2/h4-6H,2H2,1,3H3,(H,10,11)/b8-4-. The van der Waals surface area contributed by atoms with Gasteiger partial charge < -0.3 is 5.32 Å². The molecule has 1 N–H and O–H groups in total. The van der Waals surface area contributed by atoms with Crippen molar-refractivity contribution in [2.75, 3.05) is 12.4 Å². The van der Waals surface area contributed by atoms with Crippen molar-refractivity contribution in [2.45, 2.75) is 6.92 Å². The Hall–Kier alpha value is -1.31. The molecule has 0 aliphatic carbocycles. The highest BCUT2D eigenvalue weighted by molar-refractivity contribution is 5.35. The topological polar surface area (TPSA) is 24.9 Å². The largest absolute Gasteiger partial charge is 0.373 e. The molecule has 0 bridgehead atoms. The molecule has 0 saturated heterocycles. The third-order valence-corrected chi connectivity index (χ3v) is 1.58. The summed E-state index contributed by atoms with van der Waals surface area (Å²) in [5, 5.41) is 4.86. The van der Waals surface area contributed by atoms with Crippen molar-refractivity contribution in [1.29, 1.82) is 0 Å². The van der Waals surface area contributed by atoms with Crippen LogP contribution in [0.15, 0.2) is 12.1 Å². The molecule has 0 atom stereocenters. The van der Waals surface area contributed by atoms with Crippen LogP contribution in [0.1, 0.15) is 6.92 Å². The summed E-state index contributed by atoms with van der Waals surface area (Å²) in [6, 6.07) is 3.94. The number of hydrogen-bond donors (Lipinski definition) is 1. The summed E-state index contributed by atoms with van der Waals surface area (Å²) in [6.45, 7) is 5.79. The zero-order valence-corrected chi connectivity index (χ0v) is 6.89. The molecule has 58 valence electrons. The molecular weight excluding hydrogens is 136 g/mol. The van der Waals surface area contributed by atoms with E-state index in [9.17, 15) is 0 Å². The monoisotopic (exact) mass is 148 g/mol. The van der Waals surface area contributed by atoms with E-state index in [-0.39, 0.29) is 0 Å². The second-order valence-corrected chi connectivity index (χ2v) is 2.27. The first kappa shape index (κ1) is 7.79. The van der Waals surface area contributed by atoms with E-state index in [1.165, 1.54) is 0 Å². The van der Waals surface area contributed by atoms with Gasteiger partial charge in [-0.2, -0.15) is 0 Å². The molecule has 2 heteroatoms. The fraction of sp³-hybridized carbons (Fsp3) is 0.222. The van der Waals surface area contributed by atoms with Crippen LogP contribution in [0.4, 0.5) is 5.82 Å². The highest BCUT2D eigenvalue weighted by Crippen LogP contribution is 1.90. The summed E-state index contributed by atoms with van der Waals surface area (Å²) in [4.78, 5) is 4.21. The number of rotatable bonds is 1. The van der Waals surface area contributed by atoms with Gasteiger partial charge in [0, 0.05) is 7.05 Å². The van der Waals surface area contributed by atoms with Gasteiger partial charge in [0.05, 0.1) is 5.35 Å². The molecule has 1 heterocycles. The Morgan fingerprint density at radius 1 is 1.55 bits per heavy atom. The Kier molecular flexibility index (Phi) is 2.26. The van der Waals surface area contributed by atoms with Gasteiger partial charge in [-0.1, -0.05) is 12.7 Å². The molecule has 0 amide bonds. The normalized spacial score (nSPS) is 11.6. The van der Waals surface area contributed by atoms with Crippen LogP contribution in [-0.4, -0.2) is 12.0 Å². The van der Waals surface area contributed by atoms with E-state index in [0.29, 0.717) is 0 Å². The average Bonchev–Trinajstić information content (AvgIpc) is 2.04. The maximum absolute atomic E-state index is 4.21. The Bertz CT molecular complexity index is 341. The van der Waals surface area contributed by atoms with Crippen molar-refractivity contribution in [3.05, 3.63) is 22.7 Å².